The van der Waals surface area contributed by atoms with Crippen LogP contribution in [0.2, 0.25) is 5.02 Å². The molecule has 1 aromatic carbocycles. The van der Waals surface area contributed by atoms with Gasteiger partial charge in [0.15, 0.2) is 0 Å². The molecule has 2 saturated heterocycles. The highest BCUT2D eigenvalue weighted by atomic mass is 35.5. The van der Waals surface area contributed by atoms with E-state index in [0.29, 0.717) is 22.3 Å². The lowest BCUT2D eigenvalue weighted by molar-refractivity contribution is 0.0743. The summed E-state index contributed by atoms with van der Waals surface area (Å²) in [5.41, 5.74) is 6.90. The molecule has 1 amide bonds. The molecular formula is C15H20ClN3O. The molecule has 2 fully saturated rings. The van der Waals surface area contributed by atoms with Crippen LogP contribution in [0.3, 0.4) is 0 Å². The largest absolute Gasteiger partial charge is 0.398 e. The Bertz CT molecular complexity index is 520. The van der Waals surface area contributed by atoms with E-state index in [4.69, 9.17) is 17.3 Å². The summed E-state index contributed by atoms with van der Waals surface area (Å²) in [7, 11) is 0. The molecule has 0 aliphatic carbocycles. The summed E-state index contributed by atoms with van der Waals surface area (Å²) in [6.45, 7) is 3.95. The summed E-state index contributed by atoms with van der Waals surface area (Å²) in [4.78, 5) is 17.1. The smallest absolute Gasteiger partial charge is 0.253 e. The fourth-order valence-electron chi connectivity index (χ4n) is 3.25. The van der Waals surface area contributed by atoms with Crippen molar-refractivity contribution in [2.45, 2.75) is 25.3 Å². The van der Waals surface area contributed by atoms with Gasteiger partial charge in [0, 0.05) is 31.2 Å². The zero-order valence-corrected chi connectivity index (χ0v) is 12.3. The van der Waals surface area contributed by atoms with Gasteiger partial charge >= 0.3 is 0 Å². The fourth-order valence-corrected chi connectivity index (χ4v) is 3.37. The molecule has 1 aromatic rings. The molecule has 3 rings (SSSR count). The summed E-state index contributed by atoms with van der Waals surface area (Å²) < 4.78 is 0. The van der Waals surface area contributed by atoms with Gasteiger partial charge in [0.2, 0.25) is 0 Å². The molecule has 0 saturated carbocycles. The summed E-state index contributed by atoms with van der Waals surface area (Å²) in [6, 6.07) is 5.68. The number of amides is 1. The average Bonchev–Trinajstić information content (AvgIpc) is 2.78. The third kappa shape index (κ3) is 2.63. The van der Waals surface area contributed by atoms with Gasteiger partial charge in [-0.05, 0) is 44.0 Å². The van der Waals surface area contributed by atoms with Crippen LogP contribution < -0.4 is 5.73 Å². The third-order valence-electron chi connectivity index (χ3n) is 4.33. The van der Waals surface area contributed by atoms with Crippen molar-refractivity contribution < 1.29 is 4.79 Å². The number of halogens is 1. The van der Waals surface area contributed by atoms with Crippen molar-refractivity contribution in [3.63, 3.8) is 0 Å². The zero-order chi connectivity index (χ0) is 14.1. The van der Waals surface area contributed by atoms with Crippen molar-refractivity contribution in [1.82, 2.24) is 9.80 Å². The number of nitrogen functional groups attached to an aromatic ring is 1. The van der Waals surface area contributed by atoms with Gasteiger partial charge < -0.3 is 10.6 Å². The molecule has 20 heavy (non-hydrogen) atoms. The number of carbonyl (C=O) groups excluding carboxylic acids is 1. The van der Waals surface area contributed by atoms with E-state index in [9.17, 15) is 4.79 Å². The molecule has 2 aliphatic rings. The lowest BCUT2D eigenvalue weighted by Crippen LogP contribution is -2.39. The van der Waals surface area contributed by atoms with Crippen molar-refractivity contribution in [3.05, 3.63) is 28.8 Å². The van der Waals surface area contributed by atoms with Crippen LogP contribution in [-0.4, -0.2) is 47.9 Å². The Morgan fingerprint density at radius 2 is 2.05 bits per heavy atom. The van der Waals surface area contributed by atoms with Gasteiger partial charge in [-0.25, -0.2) is 0 Å². The second-order valence-corrected chi connectivity index (χ2v) is 6.08. The maximum Gasteiger partial charge on any atom is 0.253 e. The molecule has 2 N–H and O–H groups in total. The Morgan fingerprint density at radius 1 is 1.25 bits per heavy atom. The molecule has 2 aliphatic heterocycles. The van der Waals surface area contributed by atoms with Gasteiger partial charge in [-0.15, -0.1) is 0 Å². The van der Waals surface area contributed by atoms with Crippen molar-refractivity contribution in [2.75, 3.05) is 31.9 Å². The molecule has 0 aromatic heterocycles. The predicted octanol–water partition coefficient (Wildman–Crippen LogP) is 2.23. The molecular weight excluding hydrogens is 274 g/mol. The van der Waals surface area contributed by atoms with Crippen LogP contribution in [0.1, 0.15) is 29.6 Å². The summed E-state index contributed by atoms with van der Waals surface area (Å²) >= 11 is 5.91. The quantitative estimate of drug-likeness (QED) is 0.808. The van der Waals surface area contributed by atoms with Crippen LogP contribution in [0.5, 0.6) is 0 Å². The zero-order valence-electron chi connectivity index (χ0n) is 11.5. The summed E-state index contributed by atoms with van der Waals surface area (Å²) in [6.07, 6.45) is 3.50. The number of nitrogens with zero attached hydrogens (tertiary/aromatic N) is 2. The van der Waals surface area contributed by atoms with E-state index in [1.165, 1.54) is 19.4 Å². The normalized spacial score (nSPS) is 23.4. The van der Waals surface area contributed by atoms with Crippen LogP contribution in [-0.2, 0) is 0 Å². The molecule has 1 unspecified atom stereocenters. The number of rotatable bonds is 1. The summed E-state index contributed by atoms with van der Waals surface area (Å²) in [5, 5.41) is 0.499. The SMILES string of the molecule is Nc1cc(C(=O)N2CCCN3CCCC3C2)ccc1Cl. The molecule has 0 spiro atoms. The number of nitrogens with two attached hydrogens (primary N) is 1. The highest BCUT2D eigenvalue weighted by molar-refractivity contribution is 6.33. The Balaban J connectivity index is 1.77. The van der Waals surface area contributed by atoms with Crippen LogP contribution in [0.25, 0.3) is 0 Å². The first-order chi connectivity index (χ1) is 9.65. The van der Waals surface area contributed by atoms with E-state index >= 15 is 0 Å². The highest BCUT2D eigenvalue weighted by Crippen LogP contribution is 2.24. The Labute approximate surface area is 124 Å². The van der Waals surface area contributed by atoms with E-state index in [1.807, 2.05) is 4.90 Å². The lowest BCUT2D eigenvalue weighted by atomic mass is 10.1. The number of carbonyl (C=O) groups is 1. The van der Waals surface area contributed by atoms with Crippen LogP contribution in [0.15, 0.2) is 18.2 Å². The number of benzene rings is 1. The van der Waals surface area contributed by atoms with Gasteiger partial charge in [0.1, 0.15) is 0 Å². The highest BCUT2D eigenvalue weighted by Gasteiger charge is 2.30. The number of fused-ring (bicyclic) bond motifs is 1. The second-order valence-electron chi connectivity index (χ2n) is 5.67. The molecule has 2 heterocycles. The standard InChI is InChI=1S/C15H20ClN3O/c16-13-5-4-11(9-14(13)17)15(20)19-8-2-7-18-6-1-3-12(18)10-19/h4-5,9,12H,1-3,6-8,10,17H2. The monoisotopic (exact) mass is 293 g/mol. The van der Waals surface area contributed by atoms with Gasteiger partial charge in [-0.2, -0.15) is 0 Å². The fraction of sp³-hybridized carbons (Fsp3) is 0.533. The Kier molecular flexibility index (Phi) is 3.85. The first kappa shape index (κ1) is 13.7. The average molecular weight is 294 g/mol. The minimum atomic E-state index is 0.0714. The van der Waals surface area contributed by atoms with Gasteiger partial charge in [0.25, 0.3) is 5.91 Å². The molecule has 108 valence electrons. The minimum absolute atomic E-state index is 0.0714. The van der Waals surface area contributed by atoms with Crippen LogP contribution >= 0.6 is 11.6 Å². The first-order valence-electron chi connectivity index (χ1n) is 7.23. The summed E-state index contributed by atoms with van der Waals surface area (Å²) in [5.74, 6) is 0.0714. The molecule has 1 atom stereocenters. The molecule has 0 bridgehead atoms. The number of anilines is 1. The predicted molar refractivity (Wildman–Crippen MR) is 81.0 cm³/mol. The van der Waals surface area contributed by atoms with Gasteiger partial charge in [-0.1, -0.05) is 11.6 Å². The molecule has 0 radical (unpaired) electrons. The number of hydrogen-bond donors (Lipinski definition) is 1. The van der Waals surface area contributed by atoms with E-state index in [0.717, 1.165) is 26.1 Å². The molecule has 5 heteroatoms. The van der Waals surface area contributed by atoms with Crippen LogP contribution in [0, 0.1) is 0 Å². The number of hydrogen-bond acceptors (Lipinski definition) is 3. The first-order valence-corrected chi connectivity index (χ1v) is 7.61. The Morgan fingerprint density at radius 3 is 2.85 bits per heavy atom. The third-order valence-corrected chi connectivity index (χ3v) is 4.68. The van der Waals surface area contributed by atoms with Crippen molar-refractivity contribution in [1.29, 1.82) is 0 Å². The molecule has 4 nitrogen and oxygen atoms in total. The topological polar surface area (TPSA) is 49.6 Å². The van der Waals surface area contributed by atoms with E-state index in [1.54, 1.807) is 18.2 Å². The van der Waals surface area contributed by atoms with Crippen molar-refractivity contribution in [2.24, 2.45) is 0 Å². The second kappa shape index (κ2) is 5.62. The van der Waals surface area contributed by atoms with Crippen LogP contribution in [0.4, 0.5) is 5.69 Å². The minimum Gasteiger partial charge on any atom is -0.398 e. The van der Waals surface area contributed by atoms with Gasteiger partial charge in [-0.3, -0.25) is 9.69 Å². The van der Waals surface area contributed by atoms with E-state index in [-0.39, 0.29) is 5.91 Å². The maximum atomic E-state index is 12.6. The Hall–Kier alpha value is -1.26. The van der Waals surface area contributed by atoms with Gasteiger partial charge in [0.05, 0.1) is 10.7 Å². The van der Waals surface area contributed by atoms with E-state index < -0.39 is 0 Å². The van der Waals surface area contributed by atoms with Crippen molar-refractivity contribution >= 4 is 23.2 Å². The van der Waals surface area contributed by atoms with Crippen molar-refractivity contribution in [3.8, 4) is 0 Å². The lowest BCUT2D eigenvalue weighted by Gasteiger charge is -2.25. The maximum absolute atomic E-state index is 12.6. The van der Waals surface area contributed by atoms with E-state index in [2.05, 4.69) is 4.90 Å².